The topological polar surface area (TPSA) is 139 Å². The standard InChI is InChI=1S/C18H17N3O5S/c1-12(20)16(9-19)17(22)11-26-18(23)10-21-27(24,25)15-7-6-13-4-2-3-5-14(13)8-15/h2-8,16,21H,1,10-11,20H2/t16-/m1/s1. The molecule has 1 atom stereocenters. The fourth-order valence-electron chi connectivity index (χ4n) is 2.22. The fraction of sp³-hybridized carbons (Fsp3) is 0.167. The molecule has 2 rings (SSSR count). The third kappa shape index (κ3) is 5.13. The number of carbonyl (C=O) groups excluding carboxylic acids is 2. The number of esters is 1. The lowest BCUT2D eigenvalue weighted by atomic mass is 10.0. The van der Waals surface area contributed by atoms with Gasteiger partial charge in [0.2, 0.25) is 10.0 Å². The first-order chi connectivity index (χ1) is 12.7. The summed E-state index contributed by atoms with van der Waals surface area (Å²) in [6, 6.07) is 13.4. The van der Waals surface area contributed by atoms with Gasteiger partial charge in [-0.3, -0.25) is 9.59 Å². The number of rotatable bonds is 8. The lowest BCUT2D eigenvalue weighted by Crippen LogP contribution is -2.32. The van der Waals surface area contributed by atoms with Crippen molar-refractivity contribution in [3.05, 3.63) is 54.7 Å². The van der Waals surface area contributed by atoms with Gasteiger partial charge in [-0.05, 0) is 22.9 Å². The van der Waals surface area contributed by atoms with Crippen LogP contribution in [-0.2, 0) is 24.3 Å². The van der Waals surface area contributed by atoms with Crippen molar-refractivity contribution in [2.24, 2.45) is 11.7 Å². The summed E-state index contributed by atoms with van der Waals surface area (Å²) < 4.78 is 31.4. The van der Waals surface area contributed by atoms with Crippen LogP contribution in [0, 0.1) is 17.2 Å². The summed E-state index contributed by atoms with van der Waals surface area (Å²) in [4.78, 5) is 23.4. The van der Waals surface area contributed by atoms with E-state index in [2.05, 4.69) is 16.0 Å². The third-order valence-corrected chi connectivity index (χ3v) is 5.03. The van der Waals surface area contributed by atoms with E-state index in [-0.39, 0.29) is 10.6 Å². The van der Waals surface area contributed by atoms with Gasteiger partial charge >= 0.3 is 5.97 Å². The zero-order chi connectivity index (χ0) is 20.0. The minimum Gasteiger partial charge on any atom is -0.457 e. The number of carbonyl (C=O) groups is 2. The number of nitrogens with zero attached hydrogens (tertiary/aromatic N) is 1. The Hall–Kier alpha value is -3.22. The third-order valence-electron chi connectivity index (χ3n) is 3.64. The van der Waals surface area contributed by atoms with Gasteiger partial charge in [0.1, 0.15) is 12.5 Å². The average Bonchev–Trinajstić information content (AvgIpc) is 2.64. The van der Waals surface area contributed by atoms with Gasteiger partial charge < -0.3 is 10.5 Å². The average molecular weight is 387 g/mol. The Morgan fingerprint density at radius 1 is 1.22 bits per heavy atom. The lowest BCUT2D eigenvalue weighted by Gasteiger charge is -2.10. The predicted molar refractivity (Wildman–Crippen MR) is 97.5 cm³/mol. The molecule has 0 aromatic heterocycles. The highest BCUT2D eigenvalue weighted by Crippen LogP contribution is 2.18. The van der Waals surface area contributed by atoms with Gasteiger partial charge in [-0.25, -0.2) is 8.42 Å². The first kappa shape index (κ1) is 20.1. The quantitative estimate of drug-likeness (QED) is 0.640. The van der Waals surface area contributed by atoms with Crippen molar-refractivity contribution in [2.75, 3.05) is 13.2 Å². The molecule has 0 aliphatic rings. The van der Waals surface area contributed by atoms with Crippen molar-refractivity contribution in [2.45, 2.75) is 4.90 Å². The summed E-state index contributed by atoms with van der Waals surface area (Å²) in [5.74, 6) is -2.99. The SMILES string of the molecule is C=C(N)[C@@H](C#N)C(=O)COC(=O)CNS(=O)(=O)c1ccc2ccccc2c1. The highest BCUT2D eigenvalue weighted by molar-refractivity contribution is 7.89. The maximum absolute atomic E-state index is 12.3. The van der Waals surface area contributed by atoms with Crippen molar-refractivity contribution < 1.29 is 22.7 Å². The first-order valence-electron chi connectivity index (χ1n) is 7.75. The maximum Gasteiger partial charge on any atom is 0.321 e. The molecular weight excluding hydrogens is 370 g/mol. The molecule has 3 N–H and O–H groups in total. The van der Waals surface area contributed by atoms with E-state index >= 15 is 0 Å². The summed E-state index contributed by atoms with van der Waals surface area (Å²) in [6.07, 6.45) is 0. The number of hydrogen-bond donors (Lipinski definition) is 2. The Kier molecular flexibility index (Phi) is 6.28. The molecule has 0 saturated carbocycles. The van der Waals surface area contributed by atoms with Gasteiger partial charge in [-0.2, -0.15) is 9.98 Å². The van der Waals surface area contributed by atoms with Crippen molar-refractivity contribution in [1.29, 1.82) is 5.26 Å². The minimum atomic E-state index is -3.94. The van der Waals surface area contributed by atoms with Crippen LogP contribution in [0.1, 0.15) is 0 Å². The van der Waals surface area contributed by atoms with E-state index in [1.54, 1.807) is 24.3 Å². The highest BCUT2D eigenvalue weighted by Gasteiger charge is 2.22. The fourth-order valence-corrected chi connectivity index (χ4v) is 3.22. The Labute approximate surface area is 156 Å². The van der Waals surface area contributed by atoms with Crippen LogP contribution in [-0.4, -0.2) is 33.3 Å². The molecule has 0 spiro atoms. The van der Waals surface area contributed by atoms with Gasteiger partial charge in [-0.15, -0.1) is 0 Å². The smallest absolute Gasteiger partial charge is 0.321 e. The van der Waals surface area contributed by atoms with Crippen LogP contribution < -0.4 is 10.5 Å². The van der Waals surface area contributed by atoms with E-state index in [1.165, 1.54) is 12.1 Å². The number of fused-ring (bicyclic) bond motifs is 1. The molecule has 9 heteroatoms. The Bertz CT molecular complexity index is 1040. The molecule has 0 aliphatic carbocycles. The molecule has 27 heavy (non-hydrogen) atoms. The van der Waals surface area contributed by atoms with E-state index in [0.29, 0.717) is 0 Å². The predicted octanol–water partition coefficient (Wildman–Crippen LogP) is 0.843. The molecule has 8 nitrogen and oxygen atoms in total. The molecule has 2 aromatic carbocycles. The van der Waals surface area contributed by atoms with Crippen molar-refractivity contribution in [3.8, 4) is 6.07 Å². The van der Waals surface area contributed by atoms with Crippen LogP contribution in [0.25, 0.3) is 10.8 Å². The van der Waals surface area contributed by atoms with Gasteiger partial charge in [0.25, 0.3) is 0 Å². The van der Waals surface area contributed by atoms with E-state index in [1.807, 2.05) is 12.1 Å². The molecule has 0 radical (unpaired) electrons. The zero-order valence-electron chi connectivity index (χ0n) is 14.2. The van der Waals surface area contributed by atoms with Crippen LogP contribution in [0.3, 0.4) is 0 Å². The van der Waals surface area contributed by atoms with Crippen LogP contribution in [0.15, 0.2) is 59.6 Å². The lowest BCUT2D eigenvalue weighted by molar-refractivity contribution is -0.147. The molecule has 0 fully saturated rings. The number of nitriles is 1. The number of sulfonamides is 1. The molecule has 0 bridgehead atoms. The van der Waals surface area contributed by atoms with Crippen LogP contribution in [0.5, 0.6) is 0 Å². The molecule has 0 unspecified atom stereocenters. The number of ketones is 1. The number of nitrogens with one attached hydrogen (secondary N) is 1. The molecular formula is C18H17N3O5S. The van der Waals surface area contributed by atoms with Gasteiger partial charge in [0, 0.05) is 5.70 Å². The monoisotopic (exact) mass is 387 g/mol. The van der Waals surface area contributed by atoms with E-state index < -0.39 is 40.8 Å². The number of nitrogens with two attached hydrogens (primary N) is 1. The van der Waals surface area contributed by atoms with Crippen LogP contribution >= 0.6 is 0 Å². The minimum absolute atomic E-state index is 0.00551. The number of allylic oxidation sites excluding steroid dienone is 1. The van der Waals surface area contributed by atoms with E-state index in [9.17, 15) is 18.0 Å². The summed E-state index contributed by atoms with van der Waals surface area (Å²) >= 11 is 0. The van der Waals surface area contributed by atoms with Gasteiger partial charge in [0.15, 0.2) is 12.4 Å². The number of benzene rings is 2. The first-order valence-corrected chi connectivity index (χ1v) is 9.23. The molecule has 0 heterocycles. The second-order valence-electron chi connectivity index (χ2n) is 5.60. The van der Waals surface area contributed by atoms with E-state index in [0.717, 1.165) is 10.8 Å². The number of ether oxygens (including phenoxy) is 1. The van der Waals surface area contributed by atoms with Crippen molar-refractivity contribution in [3.63, 3.8) is 0 Å². The molecule has 140 valence electrons. The van der Waals surface area contributed by atoms with Crippen molar-refractivity contribution >= 4 is 32.5 Å². The Morgan fingerprint density at radius 3 is 2.52 bits per heavy atom. The zero-order valence-corrected chi connectivity index (χ0v) is 15.0. The Morgan fingerprint density at radius 2 is 1.89 bits per heavy atom. The van der Waals surface area contributed by atoms with Crippen molar-refractivity contribution in [1.82, 2.24) is 4.72 Å². The molecule has 0 saturated heterocycles. The van der Waals surface area contributed by atoms with E-state index in [4.69, 9.17) is 11.0 Å². The molecule has 2 aromatic rings. The van der Waals surface area contributed by atoms with Crippen LogP contribution in [0.4, 0.5) is 0 Å². The summed E-state index contributed by atoms with van der Waals surface area (Å²) in [6.45, 7) is 1.93. The normalized spacial score (nSPS) is 12.1. The molecule has 0 amide bonds. The largest absolute Gasteiger partial charge is 0.457 e. The molecule has 0 aliphatic heterocycles. The second kappa shape index (κ2) is 8.44. The summed E-state index contributed by atoms with van der Waals surface area (Å²) in [5, 5.41) is 10.4. The Balaban J connectivity index is 1.96. The van der Waals surface area contributed by atoms with Gasteiger partial charge in [-0.1, -0.05) is 36.9 Å². The number of hydrogen-bond acceptors (Lipinski definition) is 7. The summed E-state index contributed by atoms with van der Waals surface area (Å²) in [5.41, 5.74) is 5.15. The highest BCUT2D eigenvalue weighted by atomic mass is 32.2. The second-order valence-corrected chi connectivity index (χ2v) is 7.36. The maximum atomic E-state index is 12.3. The summed E-state index contributed by atoms with van der Waals surface area (Å²) in [7, 11) is -3.94. The van der Waals surface area contributed by atoms with Gasteiger partial charge in [0.05, 0.1) is 11.0 Å². The van der Waals surface area contributed by atoms with Crippen LogP contribution in [0.2, 0.25) is 0 Å². The number of Topliss-reactive ketones (excluding diaryl/α,β-unsaturated/α-hetero) is 1.